The molecule has 3 aromatic carbocycles. The largest absolute Gasteiger partial charge is 0.325 e. The van der Waals surface area contributed by atoms with E-state index in [0.717, 1.165) is 18.5 Å². The molecule has 0 saturated heterocycles. The van der Waals surface area contributed by atoms with Gasteiger partial charge in [0.1, 0.15) is 0 Å². The van der Waals surface area contributed by atoms with E-state index >= 15 is 0 Å². The lowest BCUT2D eigenvalue weighted by Crippen LogP contribution is -2.30. The molecular formula is C23H24N2O. The summed E-state index contributed by atoms with van der Waals surface area (Å²) in [5.41, 5.74) is 4.91. The van der Waals surface area contributed by atoms with Gasteiger partial charge in [0.15, 0.2) is 0 Å². The molecule has 2 N–H and O–H groups in total. The first-order valence-corrected chi connectivity index (χ1v) is 9.33. The van der Waals surface area contributed by atoms with Gasteiger partial charge in [0, 0.05) is 11.7 Å². The third kappa shape index (κ3) is 3.49. The first kappa shape index (κ1) is 16.8. The van der Waals surface area contributed by atoms with Crippen molar-refractivity contribution in [2.24, 2.45) is 0 Å². The average molecular weight is 344 g/mol. The zero-order valence-electron chi connectivity index (χ0n) is 15.1. The van der Waals surface area contributed by atoms with Crippen molar-refractivity contribution in [3.63, 3.8) is 0 Å². The Labute approximate surface area is 154 Å². The highest BCUT2D eigenvalue weighted by molar-refractivity contribution is 5.92. The average Bonchev–Trinajstić information content (AvgIpc) is 3.13. The van der Waals surface area contributed by atoms with Gasteiger partial charge in [0.2, 0.25) is 5.91 Å². The zero-order chi connectivity index (χ0) is 17.9. The number of rotatable bonds is 5. The summed E-state index contributed by atoms with van der Waals surface area (Å²) < 4.78 is 0. The highest BCUT2D eigenvalue weighted by atomic mass is 16.1. The number of carbonyl (C=O) groups excluding carboxylic acids is 1. The van der Waals surface area contributed by atoms with E-state index in [1.54, 1.807) is 0 Å². The van der Waals surface area contributed by atoms with Gasteiger partial charge in [-0.1, -0.05) is 48.5 Å². The molecule has 26 heavy (non-hydrogen) atoms. The van der Waals surface area contributed by atoms with Crippen LogP contribution < -0.4 is 10.6 Å². The van der Waals surface area contributed by atoms with Gasteiger partial charge in [-0.25, -0.2) is 0 Å². The van der Waals surface area contributed by atoms with Crippen LogP contribution in [0.1, 0.15) is 36.1 Å². The Hall–Kier alpha value is -2.65. The second kappa shape index (κ2) is 7.30. The van der Waals surface area contributed by atoms with Crippen LogP contribution in [0.5, 0.6) is 0 Å². The molecule has 0 saturated carbocycles. The van der Waals surface area contributed by atoms with Crippen molar-refractivity contribution in [2.45, 2.75) is 32.2 Å². The van der Waals surface area contributed by atoms with Crippen molar-refractivity contribution in [3.05, 3.63) is 77.4 Å². The standard InChI is InChI=1S/C23H24N2O/c1-16(21-11-5-8-18-6-2-3-10-22(18)21)24-15-23(26)25-20-13-12-17-7-4-9-19(17)14-20/h2-3,5-6,8,10-14,16,24H,4,7,9,15H2,1H3,(H,25,26)/t16-/m1/s1. The summed E-state index contributed by atoms with van der Waals surface area (Å²) >= 11 is 0. The minimum atomic E-state index is -0.00460. The quantitative estimate of drug-likeness (QED) is 0.709. The Morgan fingerprint density at radius 3 is 2.73 bits per heavy atom. The molecule has 0 spiro atoms. The monoisotopic (exact) mass is 344 g/mol. The number of nitrogens with one attached hydrogen (secondary N) is 2. The van der Waals surface area contributed by atoms with Gasteiger partial charge in [-0.2, -0.15) is 0 Å². The predicted octanol–water partition coefficient (Wildman–Crippen LogP) is 4.62. The predicted molar refractivity (Wildman–Crippen MR) is 107 cm³/mol. The first-order valence-electron chi connectivity index (χ1n) is 9.33. The van der Waals surface area contributed by atoms with Crippen molar-refractivity contribution in [1.29, 1.82) is 0 Å². The van der Waals surface area contributed by atoms with Crippen LogP contribution in [0.25, 0.3) is 10.8 Å². The summed E-state index contributed by atoms with van der Waals surface area (Å²) in [5.74, 6) is -0.00460. The van der Waals surface area contributed by atoms with Crippen LogP contribution in [-0.4, -0.2) is 12.5 Å². The number of hydrogen-bond donors (Lipinski definition) is 2. The smallest absolute Gasteiger partial charge is 0.238 e. The topological polar surface area (TPSA) is 41.1 Å². The molecule has 0 heterocycles. The molecule has 1 atom stereocenters. The lowest BCUT2D eigenvalue weighted by Gasteiger charge is -2.16. The third-order valence-corrected chi connectivity index (χ3v) is 5.24. The van der Waals surface area contributed by atoms with E-state index in [9.17, 15) is 4.79 Å². The Balaban J connectivity index is 1.39. The Kier molecular flexibility index (Phi) is 4.72. The second-order valence-corrected chi connectivity index (χ2v) is 7.06. The summed E-state index contributed by atoms with van der Waals surface area (Å²) in [6.45, 7) is 2.39. The van der Waals surface area contributed by atoms with E-state index in [2.05, 4.69) is 66.1 Å². The molecule has 0 aromatic heterocycles. The Morgan fingerprint density at radius 2 is 1.81 bits per heavy atom. The number of aryl methyl sites for hydroxylation is 2. The number of benzene rings is 3. The van der Waals surface area contributed by atoms with Gasteiger partial charge in [0.25, 0.3) is 0 Å². The van der Waals surface area contributed by atoms with Crippen LogP contribution in [0.4, 0.5) is 5.69 Å². The maximum Gasteiger partial charge on any atom is 0.238 e. The van der Waals surface area contributed by atoms with Crippen LogP contribution in [0.2, 0.25) is 0 Å². The minimum absolute atomic E-state index is 0.00460. The Morgan fingerprint density at radius 1 is 1.00 bits per heavy atom. The molecule has 0 aliphatic heterocycles. The zero-order valence-corrected chi connectivity index (χ0v) is 15.1. The number of anilines is 1. The fourth-order valence-electron chi connectivity index (χ4n) is 3.84. The van der Waals surface area contributed by atoms with Gasteiger partial charge in [-0.15, -0.1) is 0 Å². The van der Waals surface area contributed by atoms with Crippen molar-refractivity contribution in [3.8, 4) is 0 Å². The molecule has 1 aliphatic carbocycles. The molecule has 3 nitrogen and oxygen atoms in total. The van der Waals surface area contributed by atoms with Gasteiger partial charge >= 0.3 is 0 Å². The molecule has 3 aromatic rings. The summed E-state index contributed by atoms with van der Waals surface area (Å²) in [5, 5.41) is 8.82. The van der Waals surface area contributed by atoms with E-state index < -0.39 is 0 Å². The van der Waals surface area contributed by atoms with E-state index in [-0.39, 0.29) is 11.9 Å². The number of fused-ring (bicyclic) bond motifs is 2. The van der Waals surface area contributed by atoms with Crippen molar-refractivity contribution in [2.75, 3.05) is 11.9 Å². The van der Waals surface area contributed by atoms with E-state index in [0.29, 0.717) is 6.54 Å². The van der Waals surface area contributed by atoms with E-state index in [1.165, 1.54) is 33.9 Å². The van der Waals surface area contributed by atoms with Crippen molar-refractivity contribution >= 4 is 22.4 Å². The van der Waals surface area contributed by atoms with Gasteiger partial charge < -0.3 is 10.6 Å². The fourth-order valence-corrected chi connectivity index (χ4v) is 3.84. The highest BCUT2D eigenvalue weighted by Gasteiger charge is 2.13. The van der Waals surface area contributed by atoms with Gasteiger partial charge in [-0.3, -0.25) is 4.79 Å². The summed E-state index contributed by atoms with van der Waals surface area (Å²) in [6, 6.07) is 21.0. The molecule has 0 radical (unpaired) electrons. The van der Waals surface area contributed by atoms with Crippen LogP contribution in [0.3, 0.4) is 0 Å². The van der Waals surface area contributed by atoms with E-state index in [4.69, 9.17) is 0 Å². The maximum atomic E-state index is 12.3. The molecule has 0 fully saturated rings. The van der Waals surface area contributed by atoms with E-state index in [1.807, 2.05) is 12.1 Å². The number of carbonyl (C=O) groups is 1. The van der Waals surface area contributed by atoms with Gasteiger partial charge in [0.05, 0.1) is 6.54 Å². The summed E-state index contributed by atoms with van der Waals surface area (Å²) in [6.07, 6.45) is 3.50. The van der Waals surface area contributed by atoms with Crippen LogP contribution >= 0.6 is 0 Å². The molecule has 3 heteroatoms. The lowest BCUT2D eigenvalue weighted by atomic mass is 10.00. The van der Waals surface area contributed by atoms with Crippen LogP contribution in [0.15, 0.2) is 60.7 Å². The fraction of sp³-hybridized carbons (Fsp3) is 0.261. The minimum Gasteiger partial charge on any atom is -0.325 e. The van der Waals surface area contributed by atoms with Crippen LogP contribution in [0, 0.1) is 0 Å². The normalized spacial score (nSPS) is 14.2. The molecule has 132 valence electrons. The molecule has 4 rings (SSSR count). The number of amides is 1. The van der Waals surface area contributed by atoms with Crippen molar-refractivity contribution in [1.82, 2.24) is 5.32 Å². The molecule has 1 aliphatic rings. The van der Waals surface area contributed by atoms with Gasteiger partial charge in [-0.05, 0) is 65.8 Å². The molecular weight excluding hydrogens is 320 g/mol. The third-order valence-electron chi connectivity index (χ3n) is 5.24. The summed E-state index contributed by atoms with van der Waals surface area (Å²) in [4.78, 5) is 12.3. The van der Waals surface area contributed by atoms with Crippen molar-refractivity contribution < 1.29 is 4.79 Å². The molecule has 1 amide bonds. The molecule has 0 bridgehead atoms. The summed E-state index contributed by atoms with van der Waals surface area (Å²) in [7, 11) is 0. The lowest BCUT2D eigenvalue weighted by molar-refractivity contribution is -0.115. The Bertz CT molecular complexity index is 943. The highest BCUT2D eigenvalue weighted by Crippen LogP contribution is 2.25. The maximum absolute atomic E-state index is 12.3. The first-order chi connectivity index (χ1) is 12.7. The SMILES string of the molecule is C[C@@H](NCC(=O)Nc1ccc2c(c1)CCC2)c1cccc2ccccc12. The molecule has 0 unspecified atom stereocenters. The second-order valence-electron chi connectivity index (χ2n) is 7.06. The number of hydrogen-bond acceptors (Lipinski definition) is 2. The van der Waals surface area contributed by atoms with Crippen LogP contribution in [-0.2, 0) is 17.6 Å².